The van der Waals surface area contributed by atoms with E-state index in [0.717, 1.165) is 5.56 Å². The van der Waals surface area contributed by atoms with Gasteiger partial charge in [-0.15, -0.1) is 0 Å². The molecule has 0 amide bonds. The van der Waals surface area contributed by atoms with Crippen LogP contribution in [0.2, 0.25) is 0 Å². The lowest BCUT2D eigenvalue weighted by Gasteiger charge is -2.24. The second-order valence-corrected chi connectivity index (χ2v) is 4.53. The standard InChI is InChI=1S/C12H19FN2/c1-9-6-10(4-5-11(9)13)7-15-12(2,3)8-14/h4-6,15H,7-8,14H2,1-3H3. The monoisotopic (exact) mass is 210 g/mol. The topological polar surface area (TPSA) is 38.0 Å². The molecule has 0 heterocycles. The predicted octanol–water partition coefficient (Wildman–Crippen LogP) is 1.96. The summed E-state index contributed by atoms with van der Waals surface area (Å²) in [5.74, 6) is -0.156. The van der Waals surface area contributed by atoms with E-state index in [4.69, 9.17) is 5.73 Å². The summed E-state index contributed by atoms with van der Waals surface area (Å²) in [6.45, 7) is 7.15. The Balaban J connectivity index is 2.62. The molecule has 1 aromatic rings. The van der Waals surface area contributed by atoms with Gasteiger partial charge in [-0.05, 0) is 38.0 Å². The van der Waals surface area contributed by atoms with Gasteiger partial charge in [-0.25, -0.2) is 4.39 Å². The van der Waals surface area contributed by atoms with E-state index in [1.54, 1.807) is 13.0 Å². The van der Waals surface area contributed by atoms with E-state index in [1.807, 2.05) is 19.9 Å². The van der Waals surface area contributed by atoms with E-state index in [1.165, 1.54) is 6.07 Å². The Morgan fingerprint density at radius 3 is 2.60 bits per heavy atom. The third-order valence-electron chi connectivity index (χ3n) is 2.50. The van der Waals surface area contributed by atoms with Gasteiger partial charge in [-0.2, -0.15) is 0 Å². The lowest BCUT2D eigenvalue weighted by atomic mass is 10.0. The molecular weight excluding hydrogens is 191 g/mol. The molecule has 0 fully saturated rings. The van der Waals surface area contributed by atoms with Gasteiger partial charge in [-0.3, -0.25) is 0 Å². The molecule has 0 spiro atoms. The molecule has 3 heteroatoms. The van der Waals surface area contributed by atoms with Gasteiger partial charge >= 0.3 is 0 Å². The number of rotatable bonds is 4. The zero-order valence-corrected chi connectivity index (χ0v) is 9.60. The van der Waals surface area contributed by atoms with Crippen LogP contribution in [0, 0.1) is 12.7 Å². The molecule has 15 heavy (non-hydrogen) atoms. The fraction of sp³-hybridized carbons (Fsp3) is 0.500. The lowest BCUT2D eigenvalue weighted by molar-refractivity contribution is 0.396. The molecule has 0 bridgehead atoms. The molecular formula is C12H19FN2. The van der Waals surface area contributed by atoms with Crippen molar-refractivity contribution in [3.05, 3.63) is 35.1 Å². The molecule has 3 N–H and O–H groups in total. The van der Waals surface area contributed by atoms with Gasteiger partial charge < -0.3 is 11.1 Å². The SMILES string of the molecule is Cc1cc(CNC(C)(C)CN)ccc1F. The Hall–Kier alpha value is -0.930. The second kappa shape index (κ2) is 4.73. The van der Waals surface area contributed by atoms with Crippen LogP contribution < -0.4 is 11.1 Å². The fourth-order valence-corrected chi connectivity index (χ4v) is 1.23. The van der Waals surface area contributed by atoms with Crippen LogP contribution in [0.15, 0.2) is 18.2 Å². The highest BCUT2D eigenvalue weighted by Gasteiger charge is 2.13. The Bertz CT molecular complexity index is 334. The highest BCUT2D eigenvalue weighted by atomic mass is 19.1. The zero-order chi connectivity index (χ0) is 11.5. The molecule has 0 saturated heterocycles. The van der Waals surface area contributed by atoms with Gasteiger partial charge in [0.1, 0.15) is 5.82 Å². The number of halogens is 1. The van der Waals surface area contributed by atoms with E-state index in [9.17, 15) is 4.39 Å². The molecule has 0 aliphatic rings. The van der Waals surface area contributed by atoms with Gasteiger partial charge in [0.25, 0.3) is 0 Å². The van der Waals surface area contributed by atoms with Crippen molar-refractivity contribution < 1.29 is 4.39 Å². The summed E-state index contributed by atoms with van der Waals surface area (Å²) in [6, 6.07) is 5.15. The van der Waals surface area contributed by atoms with Gasteiger partial charge in [0.15, 0.2) is 0 Å². The van der Waals surface area contributed by atoms with Gasteiger partial charge in [0.05, 0.1) is 0 Å². The summed E-state index contributed by atoms with van der Waals surface area (Å²) in [4.78, 5) is 0. The molecule has 0 radical (unpaired) electrons. The van der Waals surface area contributed by atoms with Crippen molar-refractivity contribution in [1.82, 2.24) is 5.32 Å². The number of hydrogen-bond donors (Lipinski definition) is 2. The van der Waals surface area contributed by atoms with E-state index in [-0.39, 0.29) is 11.4 Å². The number of benzene rings is 1. The molecule has 0 aliphatic heterocycles. The molecule has 0 atom stereocenters. The van der Waals surface area contributed by atoms with Crippen LogP contribution in [-0.4, -0.2) is 12.1 Å². The third-order valence-corrected chi connectivity index (χ3v) is 2.50. The van der Waals surface area contributed by atoms with Gasteiger partial charge in [0, 0.05) is 18.6 Å². The first-order chi connectivity index (χ1) is 6.94. The van der Waals surface area contributed by atoms with Crippen molar-refractivity contribution in [2.24, 2.45) is 5.73 Å². The van der Waals surface area contributed by atoms with Crippen LogP contribution in [0.4, 0.5) is 4.39 Å². The van der Waals surface area contributed by atoms with Crippen molar-refractivity contribution in [2.75, 3.05) is 6.54 Å². The summed E-state index contributed by atoms with van der Waals surface area (Å²) in [5, 5.41) is 3.32. The van der Waals surface area contributed by atoms with Gasteiger partial charge in [0.2, 0.25) is 0 Å². The van der Waals surface area contributed by atoms with Crippen LogP contribution >= 0.6 is 0 Å². The zero-order valence-electron chi connectivity index (χ0n) is 9.60. The minimum Gasteiger partial charge on any atom is -0.329 e. The fourth-order valence-electron chi connectivity index (χ4n) is 1.23. The summed E-state index contributed by atoms with van der Waals surface area (Å²) in [5.41, 5.74) is 7.28. The maximum atomic E-state index is 13.0. The summed E-state index contributed by atoms with van der Waals surface area (Å²) in [7, 11) is 0. The minimum absolute atomic E-state index is 0.0811. The Morgan fingerprint density at radius 1 is 1.40 bits per heavy atom. The van der Waals surface area contributed by atoms with Crippen molar-refractivity contribution in [2.45, 2.75) is 32.9 Å². The largest absolute Gasteiger partial charge is 0.329 e. The van der Waals surface area contributed by atoms with Crippen molar-refractivity contribution in [3.8, 4) is 0 Å². The molecule has 0 aliphatic carbocycles. The summed E-state index contributed by atoms with van der Waals surface area (Å²) < 4.78 is 13.0. The van der Waals surface area contributed by atoms with E-state index in [2.05, 4.69) is 5.32 Å². The maximum absolute atomic E-state index is 13.0. The maximum Gasteiger partial charge on any atom is 0.126 e. The predicted molar refractivity (Wildman–Crippen MR) is 61.1 cm³/mol. The second-order valence-electron chi connectivity index (χ2n) is 4.53. The molecule has 0 aromatic heterocycles. The molecule has 84 valence electrons. The van der Waals surface area contributed by atoms with Crippen LogP contribution in [0.1, 0.15) is 25.0 Å². The molecule has 2 nitrogen and oxygen atoms in total. The summed E-state index contributed by atoms with van der Waals surface area (Å²) in [6.07, 6.45) is 0. The van der Waals surface area contributed by atoms with E-state index >= 15 is 0 Å². The van der Waals surface area contributed by atoms with Crippen LogP contribution in [0.25, 0.3) is 0 Å². The Morgan fingerprint density at radius 2 is 2.07 bits per heavy atom. The van der Waals surface area contributed by atoms with E-state index in [0.29, 0.717) is 18.7 Å². The number of nitrogens with two attached hydrogens (primary N) is 1. The van der Waals surface area contributed by atoms with Crippen LogP contribution in [0.5, 0.6) is 0 Å². The molecule has 0 unspecified atom stereocenters. The first-order valence-corrected chi connectivity index (χ1v) is 5.15. The van der Waals surface area contributed by atoms with Crippen molar-refractivity contribution in [1.29, 1.82) is 0 Å². The Kier molecular flexibility index (Phi) is 3.83. The number of hydrogen-bond acceptors (Lipinski definition) is 2. The van der Waals surface area contributed by atoms with Crippen LogP contribution in [0.3, 0.4) is 0 Å². The van der Waals surface area contributed by atoms with E-state index < -0.39 is 0 Å². The first-order valence-electron chi connectivity index (χ1n) is 5.15. The normalized spacial score (nSPS) is 11.8. The first kappa shape index (κ1) is 12.1. The number of nitrogens with one attached hydrogen (secondary N) is 1. The summed E-state index contributed by atoms with van der Waals surface area (Å²) >= 11 is 0. The van der Waals surface area contributed by atoms with Gasteiger partial charge in [-0.1, -0.05) is 12.1 Å². The lowest BCUT2D eigenvalue weighted by Crippen LogP contribution is -2.45. The van der Waals surface area contributed by atoms with Crippen molar-refractivity contribution in [3.63, 3.8) is 0 Å². The van der Waals surface area contributed by atoms with Crippen LogP contribution in [-0.2, 0) is 6.54 Å². The average Bonchev–Trinajstić information content (AvgIpc) is 2.20. The van der Waals surface area contributed by atoms with Crippen molar-refractivity contribution >= 4 is 0 Å². The highest BCUT2D eigenvalue weighted by Crippen LogP contribution is 2.10. The average molecular weight is 210 g/mol. The molecule has 1 rings (SSSR count). The minimum atomic E-state index is -0.156. The smallest absolute Gasteiger partial charge is 0.126 e. The number of aryl methyl sites for hydroxylation is 1. The third kappa shape index (κ3) is 3.61. The Labute approximate surface area is 90.7 Å². The molecule has 0 saturated carbocycles. The molecule has 1 aromatic carbocycles. The highest BCUT2D eigenvalue weighted by molar-refractivity contribution is 5.23. The quantitative estimate of drug-likeness (QED) is 0.797.